The normalized spacial score (nSPS) is 12.8. The van der Waals surface area contributed by atoms with Crippen LogP contribution in [-0.2, 0) is 14.3 Å². The molecule has 5 heteroatoms. The molecule has 0 heterocycles. The average molecular weight is 327 g/mol. The molecule has 126 valence electrons. The number of rotatable bonds is 7. The molecule has 0 fully saturated rings. The number of benzene rings is 2. The van der Waals surface area contributed by atoms with Crippen LogP contribution < -0.4 is 10.1 Å². The maximum Gasteiger partial charge on any atom is 0.347 e. The van der Waals surface area contributed by atoms with Crippen molar-refractivity contribution in [1.82, 2.24) is 5.32 Å². The molecule has 24 heavy (non-hydrogen) atoms. The van der Waals surface area contributed by atoms with Gasteiger partial charge < -0.3 is 14.8 Å². The van der Waals surface area contributed by atoms with Gasteiger partial charge >= 0.3 is 5.97 Å². The molecule has 0 bridgehead atoms. The van der Waals surface area contributed by atoms with Gasteiger partial charge in [-0.1, -0.05) is 48.5 Å². The molecular weight excluding hydrogens is 306 g/mol. The second-order valence-corrected chi connectivity index (χ2v) is 5.38. The molecule has 5 nitrogen and oxygen atoms in total. The zero-order valence-electron chi connectivity index (χ0n) is 13.8. The maximum atomic E-state index is 11.9. The Morgan fingerprint density at radius 1 is 0.958 bits per heavy atom. The zero-order chi connectivity index (χ0) is 17.4. The maximum absolute atomic E-state index is 11.9. The molecule has 1 N–H and O–H groups in total. The minimum absolute atomic E-state index is 0.157. The van der Waals surface area contributed by atoms with Gasteiger partial charge in [0.1, 0.15) is 5.75 Å². The zero-order valence-corrected chi connectivity index (χ0v) is 13.8. The van der Waals surface area contributed by atoms with E-state index in [0.29, 0.717) is 5.75 Å². The summed E-state index contributed by atoms with van der Waals surface area (Å²) in [7, 11) is 0. The van der Waals surface area contributed by atoms with Crippen LogP contribution in [0.2, 0.25) is 0 Å². The number of hydrogen-bond donors (Lipinski definition) is 1. The van der Waals surface area contributed by atoms with Crippen molar-refractivity contribution in [2.24, 2.45) is 0 Å². The van der Waals surface area contributed by atoms with Crippen LogP contribution in [0.15, 0.2) is 60.7 Å². The lowest BCUT2D eigenvalue weighted by Crippen LogP contribution is -2.34. The van der Waals surface area contributed by atoms with E-state index in [1.807, 2.05) is 55.5 Å². The topological polar surface area (TPSA) is 64.6 Å². The minimum atomic E-state index is -0.785. The summed E-state index contributed by atoms with van der Waals surface area (Å²) in [6.07, 6.45) is -0.785. The molecule has 0 aliphatic rings. The molecule has 2 rings (SSSR count). The summed E-state index contributed by atoms with van der Waals surface area (Å²) in [6, 6.07) is 18.4. The number of carbonyl (C=O) groups excluding carboxylic acids is 2. The Hall–Kier alpha value is -2.82. The van der Waals surface area contributed by atoms with Crippen molar-refractivity contribution in [2.45, 2.75) is 26.0 Å². The van der Waals surface area contributed by atoms with Gasteiger partial charge in [-0.25, -0.2) is 4.79 Å². The van der Waals surface area contributed by atoms with Crippen LogP contribution in [0.5, 0.6) is 5.75 Å². The number of carbonyl (C=O) groups is 2. The number of esters is 1. The van der Waals surface area contributed by atoms with Crippen LogP contribution in [-0.4, -0.2) is 24.6 Å². The van der Waals surface area contributed by atoms with Gasteiger partial charge in [0.15, 0.2) is 12.7 Å². The SMILES string of the molecule is C[C@H](Oc1ccccc1)C(=O)OCC(=O)N[C@H](C)c1ccccc1. The Kier molecular flexibility index (Phi) is 6.37. The quantitative estimate of drug-likeness (QED) is 0.794. The lowest BCUT2D eigenvalue weighted by molar-refractivity contribution is -0.154. The molecule has 0 saturated carbocycles. The molecular formula is C19H21NO4. The van der Waals surface area contributed by atoms with Crippen molar-refractivity contribution in [3.63, 3.8) is 0 Å². The van der Waals surface area contributed by atoms with E-state index in [0.717, 1.165) is 5.56 Å². The van der Waals surface area contributed by atoms with Crippen molar-refractivity contribution in [1.29, 1.82) is 0 Å². The van der Waals surface area contributed by atoms with Crippen molar-refractivity contribution in [3.05, 3.63) is 66.2 Å². The van der Waals surface area contributed by atoms with Gasteiger partial charge in [0, 0.05) is 0 Å². The standard InChI is InChI=1S/C19H21NO4/c1-14(16-9-5-3-6-10-16)20-18(21)13-23-19(22)15(2)24-17-11-7-4-8-12-17/h3-12,14-15H,13H2,1-2H3,(H,20,21)/t14-,15+/m1/s1. The van der Waals surface area contributed by atoms with Gasteiger partial charge in [0.25, 0.3) is 5.91 Å². The molecule has 0 aromatic heterocycles. The summed E-state index contributed by atoms with van der Waals surface area (Å²) in [5.74, 6) is -0.364. The Labute approximate surface area is 141 Å². The molecule has 2 aromatic rings. The number of hydrogen-bond acceptors (Lipinski definition) is 4. The smallest absolute Gasteiger partial charge is 0.347 e. The van der Waals surface area contributed by atoms with Crippen LogP contribution >= 0.6 is 0 Å². The highest BCUT2D eigenvalue weighted by atomic mass is 16.6. The predicted octanol–water partition coefficient (Wildman–Crippen LogP) is 2.87. The summed E-state index contributed by atoms with van der Waals surface area (Å²) in [5, 5.41) is 2.78. The summed E-state index contributed by atoms with van der Waals surface area (Å²) >= 11 is 0. The van der Waals surface area contributed by atoms with E-state index >= 15 is 0 Å². The van der Waals surface area contributed by atoms with Gasteiger partial charge in [0.2, 0.25) is 0 Å². The summed E-state index contributed by atoms with van der Waals surface area (Å²) < 4.78 is 10.5. The van der Waals surface area contributed by atoms with Gasteiger partial charge in [-0.2, -0.15) is 0 Å². The molecule has 0 unspecified atom stereocenters. The van der Waals surface area contributed by atoms with E-state index in [1.54, 1.807) is 19.1 Å². The summed E-state index contributed by atoms with van der Waals surface area (Å²) in [6.45, 7) is 3.12. The van der Waals surface area contributed by atoms with Crippen molar-refractivity contribution < 1.29 is 19.1 Å². The molecule has 1 amide bonds. The predicted molar refractivity (Wildman–Crippen MR) is 90.5 cm³/mol. The fourth-order valence-corrected chi connectivity index (χ4v) is 2.11. The van der Waals surface area contributed by atoms with Gasteiger partial charge in [-0.15, -0.1) is 0 Å². The molecule has 0 aliphatic heterocycles. The van der Waals surface area contributed by atoms with Crippen molar-refractivity contribution >= 4 is 11.9 Å². The van der Waals surface area contributed by atoms with Crippen LogP contribution in [0.1, 0.15) is 25.5 Å². The second kappa shape index (κ2) is 8.72. The lowest BCUT2D eigenvalue weighted by Gasteiger charge is -2.16. The Morgan fingerprint density at radius 3 is 2.17 bits per heavy atom. The number of para-hydroxylation sites is 1. The van der Waals surface area contributed by atoms with E-state index in [9.17, 15) is 9.59 Å². The Bertz CT molecular complexity index is 658. The first-order chi connectivity index (χ1) is 11.6. The van der Waals surface area contributed by atoms with E-state index in [-0.39, 0.29) is 18.6 Å². The van der Waals surface area contributed by atoms with Crippen LogP contribution in [0.25, 0.3) is 0 Å². The van der Waals surface area contributed by atoms with E-state index in [2.05, 4.69) is 5.32 Å². The monoisotopic (exact) mass is 327 g/mol. The Balaban J connectivity index is 1.75. The van der Waals surface area contributed by atoms with Crippen LogP contribution in [0, 0.1) is 0 Å². The number of ether oxygens (including phenoxy) is 2. The van der Waals surface area contributed by atoms with Crippen LogP contribution in [0.4, 0.5) is 0 Å². The molecule has 2 aromatic carbocycles. The molecule has 0 saturated heterocycles. The van der Waals surface area contributed by atoms with Gasteiger partial charge in [-0.3, -0.25) is 4.79 Å². The van der Waals surface area contributed by atoms with E-state index in [4.69, 9.17) is 9.47 Å². The average Bonchev–Trinajstić information content (AvgIpc) is 2.61. The van der Waals surface area contributed by atoms with E-state index in [1.165, 1.54) is 0 Å². The largest absolute Gasteiger partial charge is 0.479 e. The second-order valence-electron chi connectivity index (χ2n) is 5.38. The lowest BCUT2D eigenvalue weighted by atomic mass is 10.1. The first kappa shape index (κ1) is 17.5. The number of amides is 1. The number of nitrogens with one attached hydrogen (secondary N) is 1. The first-order valence-electron chi connectivity index (χ1n) is 7.79. The highest BCUT2D eigenvalue weighted by molar-refractivity contribution is 5.82. The van der Waals surface area contributed by atoms with E-state index < -0.39 is 12.1 Å². The summed E-state index contributed by atoms with van der Waals surface area (Å²) in [4.78, 5) is 23.8. The van der Waals surface area contributed by atoms with Crippen molar-refractivity contribution in [3.8, 4) is 5.75 Å². The highest BCUT2D eigenvalue weighted by Crippen LogP contribution is 2.12. The van der Waals surface area contributed by atoms with Gasteiger partial charge in [0.05, 0.1) is 6.04 Å². The highest BCUT2D eigenvalue weighted by Gasteiger charge is 2.18. The minimum Gasteiger partial charge on any atom is -0.479 e. The van der Waals surface area contributed by atoms with Gasteiger partial charge in [-0.05, 0) is 31.5 Å². The third-order valence-corrected chi connectivity index (χ3v) is 3.41. The summed E-state index contributed by atoms with van der Waals surface area (Å²) in [5.41, 5.74) is 0.984. The van der Waals surface area contributed by atoms with Crippen LogP contribution in [0.3, 0.4) is 0 Å². The Morgan fingerprint density at radius 2 is 1.54 bits per heavy atom. The first-order valence-corrected chi connectivity index (χ1v) is 7.79. The third-order valence-electron chi connectivity index (χ3n) is 3.41. The van der Waals surface area contributed by atoms with Crippen molar-refractivity contribution in [2.75, 3.05) is 6.61 Å². The third kappa shape index (κ3) is 5.43. The fraction of sp³-hybridized carbons (Fsp3) is 0.263. The molecule has 0 radical (unpaired) electrons. The molecule has 0 spiro atoms. The molecule has 0 aliphatic carbocycles. The fourth-order valence-electron chi connectivity index (χ4n) is 2.11. The molecule has 2 atom stereocenters.